The van der Waals surface area contributed by atoms with Crippen molar-refractivity contribution in [3.05, 3.63) is 53.2 Å². The number of halogens is 1. The van der Waals surface area contributed by atoms with E-state index in [1.165, 1.54) is 22.0 Å². The highest BCUT2D eigenvalue weighted by Crippen LogP contribution is 2.36. The number of rotatable bonds is 7. The Morgan fingerprint density at radius 2 is 1.91 bits per heavy atom. The number of hydrogen-bond donors (Lipinski definition) is 0. The number of benzene rings is 2. The summed E-state index contributed by atoms with van der Waals surface area (Å²) in [6.45, 7) is 5.20. The lowest BCUT2D eigenvalue weighted by Gasteiger charge is -2.41. The Morgan fingerprint density at radius 1 is 1.09 bits per heavy atom. The molecular formula is C35H40FN7O3. The summed E-state index contributed by atoms with van der Waals surface area (Å²) in [6.07, 6.45) is 1.91. The third-order valence-electron chi connectivity index (χ3n) is 9.47. The lowest BCUT2D eigenvalue weighted by atomic mass is 9.99. The van der Waals surface area contributed by atoms with E-state index >= 15 is 0 Å². The minimum atomic E-state index is -0.886. The first kappa shape index (κ1) is 31.5. The van der Waals surface area contributed by atoms with Crippen molar-refractivity contribution in [2.24, 2.45) is 0 Å². The van der Waals surface area contributed by atoms with Crippen molar-refractivity contribution in [3.8, 4) is 23.9 Å². The van der Waals surface area contributed by atoms with Crippen molar-refractivity contribution in [1.29, 1.82) is 5.26 Å². The maximum atomic E-state index is 12.7. The number of likely N-dealkylation sites (tertiary alicyclic amines) is 1. The number of aromatic nitrogens is 2. The maximum Gasteiger partial charge on any atom is 0.318 e. The number of carbonyl (C=O) groups excluding carboxylic acids is 1. The first-order valence-electron chi connectivity index (χ1n) is 15.9. The van der Waals surface area contributed by atoms with Crippen molar-refractivity contribution in [3.63, 3.8) is 0 Å². The minimum absolute atomic E-state index is 0.138. The predicted molar refractivity (Wildman–Crippen MR) is 174 cm³/mol. The second-order valence-electron chi connectivity index (χ2n) is 12.3. The van der Waals surface area contributed by atoms with Gasteiger partial charge in [-0.15, -0.1) is 0 Å². The molecule has 10 nitrogen and oxygen atoms in total. The molecule has 46 heavy (non-hydrogen) atoms. The van der Waals surface area contributed by atoms with Crippen LogP contribution in [0.25, 0.3) is 10.8 Å². The SMILES string of the molecule is CO[C@@H]1C[C@@H](COc2nc3c(c(N4CCN(C(=O)C#CCF)[C@@H](CC#N)C4)n2)CCN(c2cccc4cccc(C)c24)C3)N(C)C1. The van der Waals surface area contributed by atoms with Crippen LogP contribution in [0, 0.1) is 30.1 Å². The molecule has 6 rings (SSSR count). The molecule has 0 bridgehead atoms. The van der Waals surface area contributed by atoms with Gasteiger partial charge in [0.25, 0.3) is 5.91 Å². The van der Waals surface area contributed by atoms with Gasteiger partial charge < -0.3 is 24.2 Å². The number of alkyl halides is 1. The molecule has 3 aliphatic rings. The predicted octanol–water partition coefficient (Wildman–Crippen LogP) is 3.50. The van der Waals surface area contributed by atoms with Gasteiger partial charge in [0.05, 0.1) is 36.9 Å². The lowest BCUT2D eigenvalue weighted by molar-refractivity contribution is -0.127. The largest absolute Gasteiger partial charge is 0.462 e. The number of amides is 1. The van der Waals surface area contributed by atoms with Gasteiger partial charge in [0.15, 0.2) is 6.67 Å². The van der Waals surface area contributed by atoms with Gasteiger partial charge in [-0.05, 0) is 49.7 Å². The van der Waals surface area contributed by atoms with Crippen molar-refractivity contribution < 1.29 is 18.7 Å². The van der Waals surface area contributed by atoms with E-state index in [4.69, 9.17) is 19.4 Å². The van der Waals surface area contributed by atoms with Gasteiger partial charge in [0, 0.05) is 62.5 Å². The first-order chi connectivity index (χ1) is 22.4. The molecule has 0 saturated carbocycles. The monoisotopic (exact) mass is 625 g/mol. The van der Waals surface area contributed by atoms with Crippen LogP contribution in [0.4, 0.5) is 15.9 Å². The first-order valence-corrected chi connectivity index (χ1v) is 15.9. The molecule has 1 amide bonds. The number of hydrogen-bond acceptors (Lipinski definition) is 9. The van der Waals surface area contributed by atoms with Gasteiger partial charge >= 0.3 is 6.01 Å². The highest BCUT2D eigenvalue weighted by atomic mass is 19.1. The van der Waals surface area contributed by atoms with Crippen molar-refractivity contribution in [1.82, 2.24) is 19.8 Å². The number of carbonyl (C=O) groups is 1. The maximum absolute atomic E-state index is 12.7. The van der Waals surface area contributed by atoms with Crippen molar-refractivity contribution >= 4 is 28.2 Å². The fourth-order valence-corrected chi connectivity index (χ4v) is 7.03. The van der Waals surface area contributed by atoms with Gasteiger partial charge in [0.1, 0.15) is 12.4 Å². The molecule has 2 fully saturated rings. The Kier molecular flexibility index (Phi) is 9.53. The van der Waals surface area contributed by atoms with Crippen molar-refractivity contribution in [2.45, 2.75) is 50.9 Å². The van der Waals surface area contributed by atoms with E-state index in [0.29, 0.717) is 38.8 Å². The van der Waals surface area contributed by atoms with Crippen LogP contribution in [0.15, 0.2) is 36.4 Å². The summed E-state index contributed by atoms with van der Waals surface area (Å²) in [7, 11) is 3.81. The van der Waals surface area contributed by atoms with Crippen LogP contribution < -0.4 is 14.5 Å². The fraction of sp³-hybridized carbons (Fsp3) is 0.486. The topological polar surface area (TPSA) is 98.1 Å². The number of nitriles is 1. The van der Waals surface area contributed by atoms with Gasteiger partial charge in [0.2, 0.25) is 0 Å². The Balaban J connectivity index is 1.32. The average molecular weight is 626 g/mol. The Hall–Kier alpha value is -4.45. The van der Waals surface area contributed by atoms with E-state index in [0.717, 1.165) is 43.0 Å². The van der Waals surface area contributed by atoms with E-state index in [9.17, 15) is 14.4 Å². The van der Waals surface area contributed by atoms with Crippen LogP contribution in [-0.2, 0) is 22.5 Å². The second kappa shape index (κ2) is 13.9. The van der Waals surface area contributed by atoms with Gasteiger partial charge in [-0.2, -0.15) is 15.2 Å². The van der Waals surface area contributed by atoms with Crippen LogP contribution in [-0.4, -0.2) is 104 Å². The van der Waals surface area contributed by atoms with Crippen LogP contribution in [0.5, 0.6) is 6.01 Å². The Labute approximate surface area is 269 Å². The summed E-state index contributed by atoms with van der Waals surface area (Å²) in [5.41, 5.74) is 4.38. The van der Waals surface area contributed by atoms with E-state index in [1.807, 2.05) is 0 Å². The number of aryl methyl sites for hydroxylation is 1. The summed E-state index contributed by atoms with van der Waals surface area (Å²) < 4.78 is 24.6. The van der Waals surface area contributed by atoms with Gasteiger partial charge in [-0.1, -0.05) is 36.3 Å². The standard InChI is InChI=1S/C35H40FN7O3/c1-24-7-4-8-25-9-5-10-31(33(24)25)41-16-13-29-30(22-41)38-35(46-23-27-19-28(45-3)21-40(27)2)39-34(29)42-17-18-43(26(20-42)12-15-37)32(44)11-6-14-36/h4-5,7-10,26-28H,12-14,16-23H2,1-3H3/t26-,27-,28+/m0/s1. The zero-order chi connectivity index (χ0) is 32.2. The summed E-state index contributed by atoms with van der Waals surface area (Å²) >= 11 is 0. The zero-order valence-electron chi connectivity index (χ0n) is 26.7. The summed E-state index contributed by atoms with van der Waals surface area (Å²) in [5.74, 6) is 4.92. The molecule has 3 aliphatic heterocycles. The molecule has 3 atom stereocenters. The second-order valence-corrected chi connectivity index (χ2v) is 12.3. The summed E-state index contributed by atoms with van der Waals surface area (Å²) in [5, 5.41) is 12.0. The fourth-order valence-electron chi connectivity index (χ4n) is 7.03. The number of nitrogens with zero attached hydrogens (tertiary/aromatic N) is 7. The number of fused-ring (bicyclic) bond motifs is 2. The molecule has 1 aromatic heterocycles. The quantitative estimate of drug-likeness (QED) is 0.366. The highest BCUT2D eigenvalue weighted by molar-refractivity contribution is 5.97. The summed E-state index contributed by atoms with van der Waals surface area (Å²) in [6, 6.07) is 15.1. The number of ether oxygens (including phenoxy) is 2. The molecular weight excluding hydrogens is 585 g/mol. The van der Waals surface area contributed by atoms with E-state index in [1.54, 1.807) is 12.0 Å². The van der Waals surface area contributed by atoms with Gasteiger partial charge in [-0.25, -0.2) is 4.39 Å². The number of piperazine rings is 1. The van der Waals surface area contributed by atoms with Crippen LogP contribution in [0.2, 0.25) is 0 Å². The molecule has 2 saturated heterocycles. The molecule has 240 valence electrons. The molecule has 11 heteroatoms. The Bertz CT molecular complexity index is 1690. The van der Waals surface area contributed by atoms with E-state index in [-0.39, 0.29) is 18.6 Å². The normalized spacial score (nSPS) is 21.5. The van der Waals surface area contributed by atoms with Crippen LogP contribution >= 0.6 is 0 Å². The highest BCUT2D eigenvalue weighted by Gasteiger charge is 2.34. The third kappa shape index (κ3) is 6.44. The molecule has 0 N–H and O–H groups in total. The molecule has 3 aromatic rings. The zero-order valence-corrected chi connectivity index (χ0v) is 26.7. The lowest BCUT2D eigenvalue weighted by Crippen LogP contribution is -2.55. The van der Waals surface area contributed by atoms with Gasteiger partial charge in [-0.3, -0.25) is 9.69 Å². The van der Waals surface area contributed by atoms with E-state index in [2.05, 4.69) is 83.0 Å². The van der Waals surface area contributed by atoms with E-state index < -0.39 is 18.6 Å². The molecule has 4 heterocycles. The van der Waals surface area contributed by atoms with Crippen molar-refractivity contribution in [2.75, 3.05) is 70.0 Å². The average Bonchev–Trinajstić information content (AvgIpc) is 3.44. The third-order valence-corrected chi connectivity index (χ3v) is 9.47. The smallest absolute Gasteiger partial charge is 0.318 e. The number of likely N-dealkylation sites (N-methyl/N-ethyl adjacent to an activating group) is 1. The Morgan fingerprint density at radius 3 is 2.67 bits per heavy atom. The number of methoxy groups -OCH3 is 1. The minimum Gasteiger partial charge on any atom is -0.462 e. The molecule has 0 spiro atoms. The van der Waals surface area contributed by atoms with Crippen LogP contribution in [0.3, 0.4) is 0 Å². The van der Waals surface area contributed by atoms with Crippen LogP contribution in [0.1, 0.15) is 29.7 Å². The molecule has 0 aliphatic carbocycles. The molecule has 0 unspecified atom stereocenters. The number of anilines is 2. The molecule has 0 radical (unpaired) electrons. The summed E-state index contributed by atoms with van der Waals surface area (Å²) in [4.78, 5) is 31.0. The molecule has 2 aromatic carbocycles.